The van der Waals surface area contributed by atoms with Crippen LogP contribution in [0.5, 0.6) is 0 Å². The topological polar surface area (TPSA) is 9.23 Å². The summed E-state index contributed by atoms with van der Waals surface area (Å²) in [6.45, 7) is 0. The van der Waals surface area contributed by atoms with Crippen molar-refractivity contribution in [2.45, 2.75) is 6.42 Å². The van der Waals surface area contributed by atoms with Crippen LogP contribution in [0.2, 0.25) is 0 Å². The van der Waals surface area contributed by atoms with Crippen LogP contribution in [0, 0.1) is 0 Å². The maximum absolute atomic E-state index is 5.75. The summed E-state index contributed by atoms with van der Waals surface area (Å²) in [5.41, 5.74) is 0. The first-order valence-corrected chi connectivity index (χ1v) is 3.47. The SMILES string of the molecule is COC1=CC=C(Cl)CC=C1. The molecule has 0 unspecified atom stereocenters. The molecule has 10 heavy (non-hydrogen) atoms. The van der Waals surface area contributed by atoms with Crippen molar-refractivity contribution >= 4 is 11.6 Å². The highest BCUT2D eigenvalue weighted by atomic mass is 35.5. The Balaban J connectivity index is 2.75. The van der Waals surface area contributed by atoms with E-state index in [1.807, 2.05) is 24.3 Å². The quantitative estimate of drug-likeness (QED) is 0.567. The van der Waals surface area contributed by atoms with Gasteiger partial charge in [-0.2, -0.15) is 0 Å². The molecule has 1 aliphatic rings. The van der Waals surface area contributed by atoms with Crippen LogP contribution >= 0.6 is 11.6 Å². The van der Waals surface area contributed by atoms with Gasteiger partial charge in [-0.3, -0.25) is 0 Å². The molecule has 0 aromatic carbocycles. The summed E-state index contributed by atoms with van der Waals surface area (Å²) < 4.78 is 4.99. The molecule has 1 aliphatic carbocycles. The van der Waals surface area contributed by atoms with Gasteiger partial charge < -0.3 is 4.74 Å². The van der Waals surface area contributed by atoms with Crippen LogP contribution in [0.25, 0.3) is 0 Å². The third-order valence-electron chi connectivity index (χ3n) is 1.26. The number of hydrogen-bond acceptors (Lipinski definition) is 1. The fourth-order valence-corrected chi connectivity index (χ4v) is 0.872. The highest BCUT2D eigenvalue weighted by Crippen LogP contribution is 2.13. The maximum atomic E-state index is 5.75. The van der Waals surface area contributed by atoms with Gasteiger partial charge in [0.2, 0.25) is 0 Å². The first-order chi connectivity index (χ1) is 4.83. The van der Waals surface area contributed by atoms with E-state index in [1.165, 1.54) is 0 Å². The lowest BCUT2D eigenvalue weighted by atomic mass is 10.4. The molecule has 54 valence electrons. The molecule has 1 nitrogen and oxygen atoms in total. The Morgan fingerprint density at radius 3 is 3.00 bits per heavy atom. The van der Waals surface area contributed by atoms with Crippen molar-refractivity contribution < 1.29 is 4.74 Å². The molecule has 0 saturated heterocycles. The van der Waals surface area contributed by atoms with E-state index in [0.29, 0.717) is 0 Å². The molecule has 0 spiro atoms. The molecular weight excluding hydrogens is 148 g/mol. The van der Waals surface area contributed by atoms with E-state index in [-0.39, 0.29) is 0 Å². The Morgan fingerprint density at radius 1 is 1.50 bits per heavy atom. The molecule has 0 aromatic rings. The van der Waals surface area contributed by atoms with Gasteiger partial charge in [-0.15, -0.1) is 0 Å². The van der Waals surface area contributed by atoms with E-state index >= 15 is 0 Å². The molecule has 0 radical (unpaired) electrons. The maximum Gasteiger partial charge on any atom is 0.118 e. The van der Waals surface area contributed by atoms with E-state index in [0.717, 1.165) is 17.2 Å². The summed E-state index contributed by atoms with van der Waals surface area (Å²) in [7, 11) is 1.64. The Hall–Kier alpha value is -0.690. The average Bonchev–Trinajstić information content (AvgIpc) is 2.14. The smallest absolute Gasteiger partial charge is 0.118 e. The van der Waals surface area contributed by atoms with Gasteiger partial charge in [-0.05, 0) is 18.2 Å². The van der Waals surface area contributed by atoms with Crippen molar-refractivity contribution in [3.8, 4) is 0 Å². The lowest BCUT2D eigenvalue weighted by Gasteiger charge is -1.94. The van der Waals surface area contributed by atoms with Gasteiger partial charge in [0.25, 0.3) is 0 Å². The van der Waals surface area contributed by atoms with Gasteiger partial charge in [-0.1, -0.05) is 17.7 Å². The lowest BCUT2D eigenvalue weighted by Crippen LogP contribution is -1.77. The number of methoxy groups -OCH3 is 1. The summed E-state index contributed by atoms with van der Waals surface area (Å²) >= 11 is 5.75. The molecule has 0 atom stereocenters. The summed E-state index contributed by atoms with van der Waals surface area (Å²) in [5, 5.41) is 0.836. The van der Waals surface area contributed by atoms with E-state index in [4.69, 9.17) is 16.3 Å². The Kier molecular flexibility index (Phi) is 2.57. The number of halogens is 1. The van der Waals surface area contributed by atoms with Gasteiger partial charge in [-0.25, -0.2) is 0 Å². The minimum absolute atomic E-state index is 0.797. The van der Waals surface area contributed by atoms with E-state index in [2.05, 4.69) is 0 Å². The fourth-order valence-electron chi connectivity index (χ4n) is 0.720. The Bertz CT molecular complexity index is 201. The van der Waals surface area contributed by atoms with Gasteiger partial charge in [0.15, 0.2) is 0 Å². The molecule has 0 N–H and O–H groups in total. The molecule has 0 heterocycles. The van der Waals surface area contributed by atoms with Gasteiger partial charge in [0, 0.05) is 11.5 Å². The van der Waals surface area contributed by atoms with Crippen molar-refractivity contribution in [3.05, 3.63) is 35.1 Å². The number of ether oxygens (including phenoxy) is 1. The zero-order chi connectivity index (χ0) is 7.40. The predicted molar refractivity (Wildman–Crippen MR) is 42.8 cm³/mol. The summed E-state index contributed by atoms with van der Waals surface area (Å²) in [6, 6.07) is 0. The standard InChI is InChI=1S/C8H9ClO/c1-10-8-4-2-3-7(9)5-6-8/h2,4-6H,3H2,1H3. The van der Waals surface area contributed by atoms with Crippen molar-refractivity contribution in [1.82, 2.24) is 0 Å². The zero-order valence-electron chi connectivity index (χ0n) is 5.80. The normalized spacial score (nSPS) is 17.4. The molecule has 0 aliphatic heterocycles. The Labute approximate surface area is 65.6 Å². The number of hydrogen-bond donors (Lipinski definition) is 0. The second-order valence-electron chi connectivity index (χ2n) is 1.99. The monoisotopic (exact) mass is 156 g/mol. The molecular formula is C8H9ClO. The van der Waals surface area contributed by atoms with Crippen LogP contribution < -0.4 is 0 Å². The second-order valence-corrected chi connectivity index (χ2v) is 2.48. The van der Waals surface area contributed by atoms with Gasteiger partial charge >= 0.3 is 0 Å². The molecule has 2 heteroatoms. The number of allylic oxidation sites excluding steroid dienone is 5. The minimum atomic E-state index is 0.797. The largest absolute Gasteiger partial charge is 0.497 e. The summed E-state index contributed by atoms with van der Waals surface area (Å²) in [6.07, 6.45) is 8.38. The van der Waals surface area contributed by atoms with Gasteiger partial charge in [0.1, 0.15) is 5.76 Å². The van der Waals surface area contributed by atoms with Crippen LogP contribution in [-0.4, -0.2) is 7.11 Å². The van der Waals surface area contributed by atoms with Crippen LogP contribution in [0.4, 0.5) is 0 Å². The van der Waals surface area contributed by atoms with Gasteiger partial charge in [0.05, 0.1) is 7.11 Å². The van der Waals surface area contributed by atoms with Crippen LogP contribution in [-0.2, 0) is 4.74 Å². The predicted octanol–water partition coefficient (Wildman–Crippen LogP) is 2.60. The third-order valence-corrected chi connectivity index (χ3v) is 1.54. The third kappa shape index (κ3) is 1.92. The van der Waals surface area contributed by atoms with Crippen molar-refractivity contribution in [2.24, 2.45) is 0 Å². The average molecular weight is 157 g/mol. The molecule has 0 saturated carbocycles. The number of rotatable bonds is 1. The first-order valence-electron chi connectivity index (χ1n) is 3.10. The molecule has 0 aromatic heterocycles. The van der Waals surface area contributed by atoms with Crippen LogP contribution in [0.15, 0.2) is 35.1 Å². The molecule has 0 bridgehead atoms. The van der Waals surface area contributed by atoms with E-state index in [1.54, 1.807) is 7.11 Å². The fraction of sp³-hybridized carbons (Fsp3) is 0.250. The second kappa shape index (κ2) is 3.47. The highest BCUT2D eigenvalue weighted by molar-refractivity contribution is 6.29. The lowest BCUT2D eigenvalue weighted by molar-refractivity contribution is 0.307. The zero-order valence-corrected chi connectivity index (χ0v) is 6.56. The van der Waals surface area contributed by atoms with Crippen LogP contribution in [0.1, 0.15) is 6.42 Å². The van der Waals surface area contributed by atoms with Crippen molar-refractivity contribution in [3.63, 3.8) is 0 Å². The Morgan fingerprint density at radius 2 is 2.30 bits per heavy atom. The summed E-state index contributed by atoms with van der Waals surface area (Å²) in [4.78, 5) is 0. The molecule has 0 fully saturated rings. The summed E-state index contributed by atoms with van der Waals surface area (Å²) in [5.74, 6) is 0.843. The van der Waals surface area contributed by atoms with E-state index < -0.39 is 0 Å². The van der Waals surface area contributed by atoms with Crippen molar-refractivity contribution in [2.75, 3.05) is 7.11 Å². The molecule has 0 amide bonds. The molecule has 1 rings (SSSR count). The minimum Gasteiger partial charge on any atom is -0.497 e. The highest BCUT2D eigenvalue weighted by Gasteiger charge is 1.94. The van der Waals surface area contributed by atoms with Crippen LogP contribution in [0.3, 0.4) is 0 Å². The first kappa shape index (κ1) is 7.42. The van der Waals surface area contributed by atoms with Crippen molar-refractivity contribution in [1.29, 1.82) is 0 Å². The van der Waals surface area contributed by atoms with E-state index in [9.17, 15) is 0 Å².